The average Bonchev–Trinajstić information content (AvgIpc) is 2.91. The van der Waals surface area contributed by atoms with Gasteiger partial charge in [0.15, 0.2) is 5.69 Å². The van der Waals surface area contributed by atoms with E-state index in [1.54, 1.807) is 19.2 Å². The molecular formula is C15H17N3O5S. The molecule has 0 spiro atoms. The number of hydrogen-bond acceptors (Lipinski definition) is 5. The molecule has 1 aliphatic heterocycles. The Hall–Kier alpha value is -2.39. The van der Waals surface area contributed by atoms with Crippen molar-refractivity contribution in [2.75, 3.05) is 13.7 Å². The summed E-state index contributed by atoms with van der Waals surface area (Å²) in [5, 5.41) is 13.2. The smallest absolute Gasteiger partial charge is 0.356 e. The Bertz CT molecular complexity index is 887. The zero-order valence-corrected chi connectivity index (χ0v) is 14.1. The second-order valence-electron chi connectivity index (χ2n) is 5.47. The SMILES string of the molecule is COc1ccc(S(=O)(=O)N2CCc3c(C(=O)O)nn(C)c3C2)cc1. The normalized spacial score (nSPS) is 15.1. The van der Waals surface area contributed by atoms with Gasteiger partial charge in [0, 0.05) is 19.2 Å². The number of aromatic nitrogens is 2. The van der Waals surface area contributed by atoms with Crippen LogP contribution in [0, 0.1) is 0 Å². The maximum Gasteiger partial charge on any atom is 0.356 e. The number of carboxylic acids is 1. The number of carboxylic acid groups (broad SMARTS) is 1. The molecule has 0 radical (unpaired) electrons. The van der Waals surface area contributed by atoms with Crippen LogP contribution in [0.25, 0.3) is 0 Å². The van der Waals surface area contributed by atoms with E-state index in [0.29, 0.717) is 23.4 Å². The molecule has 0 aliphatic carbocycles. The lowest BCUT2D eigenvalue weighted by molar-refractivity contribution is 0.0688. The van der Waals surface area contributed by atoms with Gasteiger partial charge in [0.05, 0.1) is 24.2 Å². The topological polar surface area (TPSA) is 102 Å². The number of methoxy groups -OCH3 is 1. The fourth-order valence-electron chi connectivity index (χ4n) is 2.82. The average molecular weight is 351 g/mol. The quantitative estimate of drug-likeness (QED) is 0.877. The van der Waals surface area contributed by atoms with E-state index in [1.807, 2.05) is 0 Å². The van der Waals surface area contributed by atoms with Crippen molar-refractivity contribution in [2.45, 2.75) is 17.9 Å². The lowest BCUT2D eigenvalue weighted by Gasteiger charge is -2.26. The van der Waals surface area contributed by atoms with Gasteiger partial charge in [-0.2, -0.15) is 9.40 Å². The lowest BCUT2D eigenvalue weighted by Crippen LogP contribution is -2.36. The van der Waals surface area contributed by atoms with E-state index in [4.69, 9.17) is 4.74 Å². The van der Waals surface area contributed by atoms with Gasteiger partial charge in [-0.15, -0.1) is 0 Å². The fourth-order valence-corrected chi connectivity index (χ4v) is 4.22. The highest BCUT2D eigenvalue weighted by Crippen LogP contribution is 2.27. The molecule has 1 aromatic heterocycles. The molecule has 24 heavy (non-hydrogen) atoms. The van der Waals surface area contributed by atoms with Crippen molar-refractivity contribution in [3.8, 4) is 5.75 Å². The van der Waals surface area contributed by atoms with Gasteiger partial charge in [-0.05, 0) is 30.7 Å². The van der Waals surface area contributed by atoms with Gasteiger partial charge in [-0.3, -0.25) is 4.68 Å². The minimum Gasteiger partial charge on any atom is -0.497 e. The highest BCUT2D eigenvalue weighted by Gasteiger charge is 2.33. The third-order valence-electron chi connectivity index (χ3n) is 4.11. The minimum atomic E-state index is -3.67. The van der Waals surface area contributed by atoms with E-state index >= 15 is 0 Å². The molecule has 0 amide bonds. The molecule has 0 saturated carbocycles. The Labute approximate surface area is 139 Å². The highest BCUT2D eigenvalue weighted by atomic mass is 32.2. The third kappa shape index (κ3) is 2.65. The molecule has 3 rings (SSSR count). The van der Waals surface area contributed by atoms with Crippen LogP contribution < -0.4 is 4.74 Å². The first-order valence-electron chi connectivity index (χ1n) is 7.27. The van der Waals surface area contributed by atoms with Crippen molar-refractivity contribution in [3.63, 3.8) is 0 Å². The van der Waals surface area contributed by atoms with E-state index in [9.17, 15) is 18.3 Å². The largest absolute Gasteiger partial charge is 0.497 e. The van der Waals surface area contributed by atoms with Gasteiger partial charge >= 0.3 is 5.97 Å². The van der Waals surface area contributed by atoms with Crippen LogP contribution in [0.3, 0.4) is 0 Å². The fraction of sp³-hybridized carbons (Fsp3) is 0.333. The molecule has 0 bridgehead atoms. The minimum absolute atomic E-state index is 0.00556. The number of fused-ring (bicyclic) bond motifs is 1. The second-order valence-corrected chi connectivity index (χ2v) is 7.40. The van der Waals surface area contributed by atoms with Crippen LogP contribution in [0.2, 0.25) is 0 Å². The monoisotopic (exact) mass is 351 g/mol. The number of rotatable bonds is 4. The van der Waals surface area contributed by atoms with Crippen molar-refractivity contribution in [1.82, 2.24) is 14.1 Å². The van der Waals surface area contributed by atoms with Crippen LogP contribution in [-0.4, -0.2) is 47.2 Å². The number of carbonyl (C=O) groups is 1. The Balaban J connectivity index is 1.93. The summed E-state index contributed by atoms with van der Waals surface area (Å²) < 4.78 is 33.4. The van der Waals surface area contributed by atoms with Crippen LogP contribution in [-0.2, 0) is 30.0 Å². The van der Waals surface area contributed by atoms with Crippen LogP contribution in [0.4, 0.5) is 0 Å². The van der Waals surface area contributed by atoms with Gasteiger partial charge in [-0.1, -0.05) is 0 Å². The first-order valence-corrected chi connectivity index (χ1v) is 8.71. The molecule has 0 saturated heterocycles. The molecule has 0 unspecified atom stereocenters. The van der Waals surface area contributed by atoms with Crippen LogP contribution in [0.1, 0.15) is 21.7 Å². The number of sulfonamides is 1. The summed E-state index contributed by atoms with van der Waals surface area (Å²) in [4.78, 5) is 11.4. The molecule has 0 fully saturated rings. The molecule has 2 heterocycles. The second kappa shape index (κ2) is 5.91. The lowest BCUT2D eigenvalue weighted by atomic mass is 10.1. The predicted molar refractivity (Wildman–Crippen MR) is 84.5 cm³/mol. The third-order valence-corrected chi connectivity index (χ3v) is 5.97. The first kappa shape index (κ1) is 16.5. The highest BCUT2D eigenvalue weighted by molar-refractivity contribution is 7.89. The maximum absolute atomic E-state index is 12.8. The number of hydrogen-bond donors (Lipinski definition) is 1. The van der Waals surface area contributed by atoms with Crippen LogP contribution >= 0.6 is 0 Å². The maximum atomic E-state index is 12.8. The number of benzene rings is 1. The van der Waals surface area contributed by atoms with Crippen LogP contribution in [0.15, 0.2) is 29.2 Å². The number of aryl methyl sites for hydroxylation is 1. The molecule has 9 heteroatoms. The van der Waals surface area contributed by atoms with E-state index in [-0.39, 0.29) is 23.7 Å². The van der Waals surface area contributed by atoms with E-state index < -0.39 is 16.0 Å². The number of ether oxygens (including phenoxy) is 1. The van der Waals surface area contributed by atoms with Crippen molar-refractivity contribution >= 4 is 16.0 Å². The van der Waals surface area contributed by atoms with E-state index in [2.05, 4.69) is 5.10 Å². The molecule has 1 aliphatic rings. The summed E-state index contributed by atoms with van der Waals surface area (Å²) in [5.41, 5.74) is 1.20. The molecular weight excluding hydrogens is 334 g/mol. The molecule has 8 nitrogen and oxygen atoms in total. The zero-order valence-electron chi connectivity index (χ0n) is 13.3. The Morgan fingerprint density at radius 3 is 2.54 bits per heavy atom. The van der Waals surface area contributed by atoms with E-state index in [1.165, 1.54) is 28.2 Å². The number of nitrogens with zero attached hydrogens (tertiary/aromatic N) is 3. The van der Waals surface area contributed by atoms with Gasteiger partial charge in [-0.25, -0.2) is 13.2 Å². The number of aromatic carboxylic acids is 1. The van der Waals surface area contributed by atoms with Crippen molar-refractivity contribution in [3.05, 3.63) is 41.2 Å². The van der Waals surface area contributed by atoms with Gasteiger partial charge in [0.1, 0.15) is 5.75 Å². The van der Waals surface area contributed by atoms with Gasteiger partial charge in [0.25, 0.3) is 0 Å². The summed E-state index contributed by atoms with van der Waals surface area (Å²) in [6.07, 6.45) is 0.320. The van der Waals surface area contributed by atoms with Crippen molar-refractivity contribution in [2.24, 2.45) is 7.05 Å². The Morgan fingerprint density at radius 2 is 1.96 bits per heavy atom. The van der Waals surface area contributed by atoms with Crippen LogP contribution in [0.5, 0.6) is 5.75 Å². The molecule has 128 valence electrons. The summed E-state index contributed by atoms with van der Waals surface area (Å²) >= 11 is 0. The standard InChI is InChI=1S/C15H17N3O5S/c1-17-13-9-18(8-7-12(13)14(16-17)15(19)20)24(21,22)11-5-3-10(23-2)4-6-11/h3-6H,7-9H2,1-2H3,(H,19,20). The van der Waals surface area contributed by atoms with Crippen molar-refractivity contribution < 1.29 is 23.1 Å². The summed E-state index contributed by atoms with van der Waals surface area (Å²) in [7, 11) is -0.536. The molecule has 0 atom stereocenters. The van der Waals surface area contributed by atoms with Gasteiger partial charge in [0.2, 0.25) is 10.0 Å². The zero-order chi connectivity index (χ0) is 17.5. The molecule has 1 N–H and O–H groups in total. The summed E-state index contributed by atoms with van der Waals surface area (Å²) in [5.74, 6) is -0.522. The summed E-state index contributed by atoms with van der Waals surface area (Å²) in [6.45, 7) is 0.313. The Morgan fingerprint density at radius 1 is 1.29 bits per heavy atom. The predicted octanol–water partition coefficient (Wildman–Crippen LogP) is 0.874. The first-order chi connectivity index (χ1) is 11.3. The van der Waals surface area contributed by atoms with Gasteiger partial charge < -0.3 is 9.84 Å². The van der Waals surface area contributed by atoms with Crippen molar-refractivity contribution in [1.29, 1.82) is 0 Å². The van der Waals surface area contributed by atoms with E-state index in [0.717, 1.165) is 0 Å². The molecule has 2 aromatic rings. The summed E-state index contributed by atoms with van der Waals surface area (Å²) in [6, 6.07) is 6.18. The Kier molecular flexibility index (Phi) is 4.06. The molecule has 1 aromatic carbocycles.